The van der Waals surface area contributed by atoms with Gasteiger partial charge in [0.15, 0.2) is 0 Å². The van der Waals surface area contributed by atoms with Crippen molar-refractivity contribution in [1.82, 2.24) is 4.98 Å². The number of carbonyl (C=O) groups excluding carboxylic acids is 1. The standard InChI is InChI=1S/C18H13F2N3O/c19-12-1-5-14(6-2-12)22-16-9-10-21-17(11-16)18(24)23-15-7-3-13(20)4-8-15/h1-11H,(H,21,22)(H,23,24). The van der Waals surface area contributed by atoms with E-state index >= 15 is 0 Å². The number of pyridine rings is 1. The molecule has 1 aromatic heterocycles. The van der Waals surface area contributed by atoms with E-state index in [-0.39, 0.29) is 17.3 Å². The third kappa shape index (κ3) is 3.92. The van der Waals surface area contributed by atoms with Crippen LogP contribution in [0.2, 0.25) is 0 Å². The fraction of sp³-hybridized carbons (Fsp3) is 0. The van der Waals surface area contributed by atoms with Crippen LogP contribution in [0.5, 0.6) is 0 Å². The van der Waals surface area contributed by atoms with Crippen molar-refractivity contribution in [2.45, 2.75) is 0 Å². The van der Waals surface area contributed by atoms with Crippen LogP contribution in [-0.2, 0) is 0 Å². The number of nitrogens with zero attached hydrogens (tertiary/aromatic N) is 1. The largest absolute Gasteiger partial charge is 0.355 e. The molecule has 3 rings (SSSR count). The molecule has 6 heteroatoms. The Hall–Kier alpha value is -3.28. The van der Waals surface area contributed by atoms with Gasteiger partial charge in [-0.05, 0) is 60.7 Å². The molecular weight excluding hydrogens is 312 g/mol. The monoisotopic (exact) mass is 325 g/mol. The Kier molecular flexibility index (Phi) is 4.47. The van der Waals surface area contributed by atoms with Crippen molar-refractivity contribution in [3.05, 3.63) is 84.2 Å². The maximum Gasteiger partial charge on any atom is 0.274 e. The maximum absolute atomic E-state index is 12.9. The van der Waals surface area contributed by atoms with Crippen LogP contribution in [-0.4, -0.2) is 10.9 Å². The molecule has 0 aliphatic rings. The second kappa shape index (κ2) is 6.87. The molecule has 3 aromatic rings. The van der Waals surface area contributed by atoms with Gasteiger partial charge in [-0.25, -0.2) is 8.78 Å². The number of anilines is 3. The van der Waals surface area contributed by atoms with Gasteiger partial charge in [0.1, 0.15) is 17.3 Å². The third-order valence-corrected chi connectivity index (χ3v) is 3.23. The van der Waals surface area contributed by atoms with Crippen LogP contribution in [0.4, 0.5) is 25.8 Å². The Morgan fingerprint density at radius 3 is 2.00 bits per heavy atom. The van der Waals surface area contributed by atoms with E-state index in [9.17, 15) is 13.6 Å². The topological polar surface area (TPSA) is 54.0 Å². The zero-order chi connectivity index (χ0) is 16.9. The number of amides is 1. The molecule has 0 saturated carbocycles. The van der Waals surface area contributed by atoms with Gasteiger partial charge in [0.2, 0.25) is 0 Å². The van der Waals surface area contributed by atoms with Crippen molar-refractivity contribution >= 4 is 23.0 Å². The molecule has 1 heterocycles. The van der Waals surface area contributed by atoms with Gasteiger partial charge in [0.05, 0.1) is 0 Å². The van der Waals surface area contributed by atoms with Crippen LogP contribution in [0.1, 0.15) is 10.5 Å². The van der Waals surface area contributed by atoms with Gasteiger partial charge in [0.25, 0.3) is 5.91 Å². The molecule has 0 saturated heterocycles. The van der Waals surface area contributed by atoms with Crippen LogP contribution in [0, 0.1) is 11.6 Å². The second-order valence-electron chi connectivity index (χ2n) is 5.02. The Labute approximate surface area is 137 Å². The minimum absolute atomic E-state index is 0.200. The van der Waals surface area contributed by atoms with Gasteiger partial charge in [-0.15, -0.1) is 0 Å². The molecule has 120 valence electrons. The molecule has 0 spiro atoms. The van der Waals surface area contributed by atoms with Crippen molar-refractivity contribution in [2.24, 2.45) is 0 Å². The molecule has 0 unspecified atom stereocenters. The van der Waals surface area contributed by atoms with Gasteiger partial charge in [-0.3, -0.25) is 9.78 Å². The summed E-state index contributed by atoms with van der Waals surface area (Å²) in [5.74, 6) is -1.12. The predicted molar refractivity (Wildman–Crippen MR) is 88.3 cm³/mol. The average Bonchev–Trinajstić information content (AvgIpc) is 2.59. The van der Waals surface area contributed by atoms with Crippen LogP contribution >= 0.6 is 0 Å². The summed E-state index contributed by atoms with van der Waals surface area (Å²) in [5.41, 5.74) is 2.00. The molecule has 2 aromatic carbocycles. The van der Waals surface area contributed by atoms with E-state index in [0.717, 1.165) is 0 Å². The summed E-state index contributed by atoms with van der Waals surface area (Å²) in [7, 11) is 0. The molecule has 24 heavy (non-hydrogen) atoms. The first-order valence-corrected chi connectivity index (χ1v) is 7.16. The highest BCUT2D eigenvalue weighted by Gasteiger charge is 2.09. The summed E-state index contributed by atoms with van der Waals surface area (Å²) in [6, 6.07) is 14.6. The van der Waals surface area contributed by atoms with Gasteiger partial charge >= 0.3 is 0 Å². The number of benzene rings is 2. The number of hydrogen-bond acceptors (Lipinski definition) is 3. The van der Waals surface area contributed by atoms with Crippen molar-refractivity contribution in [2.75, 3.05) is 10.6 Å². The van der Waals surface area contributed by atoms with Crippen LogP contribution < -0.4 is 10.6 Å². The van der Waals surface area contributed by atoms with Gasteiger partial charge in [-0.1, -0.05) is 0 Å². The summed E-state index contributed by atoms with van der Waals surface area (Å²) in [4.78, 5) is 16.2. The van der Waals surface area contributed by atoms with E-state index in [1.165, 1.54) is 42.6 Å². The minimum Gasteiger partial charge on any atom is -0.355 e. The van der Waals surface area contributed by atoms with E-state index < -0.39 is 5.91 Å². The Morgan fingerprint density at radius 1 is 0.792 bits per heavy atom. The number of hydrogen-bond donors (Lipinski definition) is 2. The molecular formula is C18H13F2N3O. The highest BCUT2D eigenvalue weighted by Crippen LogP contribution is 2.18. The number of rotatable bonds is 4. The normalized spacial score (nSPS) is 10.2. The lowest BCUT2D eigenvalue weighted by Gasteiger charge is -2.08. The van der Waals surface area contributed by atoms with Crippen molar-refractivity contribution in [3.8, 4) is 0 Å². The lowest BCUT2D eigenvalue weighted by atomic mass is 10.2. The molecule has 0 fully saturated rings. The first-order chi connectivity index (χ1) is 11.6. The smallest absolute Gasteiger partial charge is 0.274 e. The van der Waals surface area contributed by atoms with E-state index in [1.807, 2.05) is 0 Å². The Balaban J connectivity index is 1.73. The zero-order valence-corrected chi connectivity index (χ0v) is 12.5. The first kappa shape index (κ1) is 15.6. The van der Waals surface area contributed by atoms with Crippen molar-refractivity contribution < 1.29 is 13.6 Å². The fourth-order valence-electron chi connectivity index (χ4n) is 2.06. The summed E-state index contributed by atoms with van der Waals surface area (Å²) < 4.78 is 25.8. The van der Waals surface area contributed by atoms with Crippen molar-refractivity contribution in [3.63, 3.8) is 0 Å². The summed E-state index contributed by atoms with van der Waals surface area (Å²) in [6.07, 6.45) is 1.49. The summed E-state index contributed by atoms with van der Waals surface area (Å²) >= 11 is 0. The lowest BCUT2D eigenvalue weighted by molar-refractivity contribution is 0.102. The highest BCUT2D eigenvalue weighted by molar-refractivity contribution is 6.03. The minimum atomic E-state index is -0.413. The fourth-order valence-corrected chi connectivity index (χ4v) is 2.06. The molecule has 0 bridgehead atoms. The third-order valence-electron chi connectivity index (χ3n) is 3.23. The van der Waals surface area contributed by atoms with E-state index in [1.54, 1.807) is 24.3 Å². The van der Waals surface area contributed by atoms with Gasteiger partial charge < -0.3 is 10.6 Å². The SMILES string of the molecule is O=C(Nc1ccc(F)cc1)c1cc(Nc2ccc(F)cc2)ccn1. The number of carbonyl (C=O) groups is 1. The number of halogens is 2. The summed E-state index contributed by atoms with van der Waals surface area (Å²) in [5, 5.41) is 5.70. The molecule has 4 nitrogen and oxygen atoms in total. The Morgan fingerprint density at radius 2 is 1.38 bits per heavy atom. The molecule has 0 aliphatic heterocycles. The zero-order valence-electron chi connectivity index (χ0n) is 12.5. The van der Waals surface area contributed by atoms with E-state index in [0.29, 0.717) is 17.1 Å². The number of aromatic nitrogens is 1. The highest BCUT2D eigenvalue weighted by atomic mass is 19.1. The van der Waals surface area contributed by atoms with Crippen LogP contribution in [0.15, 0.2) is 66.9 Å². The number of nitrogens with one attached hydrogen (secondary N) is 2. The van der Waals surface area contributed by atoms with Crippen LogP contribution in [0.25, 0.3) is 0 Å². The predicted octanol–water partition coefficient (Wildman–Crippen LogP) is 4.36. The van der Waals surface area contributed by atoms with E-state index in [2.05, 4.69) is 15.6 Å². The summed E-state index contributed by atoms with van der Waals surface area (Å²) in [6.45, 7) is 0. The van der Waals surface area contributed by atoms with Crippen LogP contribution in [0.3, 0.4) is 0 Å². The molecule has 0 radical (unpaired) electrons. The Bertz CT molecular complexity index is 849. The molecule has 2 N–H and O–H groups in total. The average molecular weight is 325 g/mol. The quantitative estimate of drug-likeness (QED) is 0.749. The molecule has 1 amide bonds. The molecule has 0 atom stereocenters. The molecule has 0 aliphatic carbocycles. The van der Waals surface area contributed by atoms with Gasteiger partial charge in [-0.2, -0.15) is 0 Å². The first-order valence-electron chi connectivity index (χ1n) is 7.16. The van der Waals surface area contributed by atoms with Crippen molar-refractivity contribution in [1.29, 1.82) is 0 Å². The van der Waals surface area contributed by atoms with Gasteiger partial charge in [0, 0.05) is 23.3 Å². The van der Waals surface area contributed by atoms with E-state index in [4.69, 9.17) is 0 Å². The maximum atomic E-state index is 12.9. The second-order valence-corrected chi connectivity index (χ2v) is 5.02. The lowest BCUT2D eigenvalue weighted by Crippen LogP contribution is -2.13.